The van der Waals surface area contributed by atoms with Crippen LogP contribution in [0.25, 0.3) is 0 Å². The smallest absolute Gasteiger partial charge is 0.134 e. The number of likely N-dealkylation sites (N-methyl/N-ethyl adjacent to an activating group) is 1. The molecule has 0 aromatic carbocycles. The topological polar surface area (TPSA) is 29.0 Å². The van der Waals surface area contributed by atoms with E-state index in [2.05, 4.69) is 69.2 Å². The molecule has 5 heteroatoms. The highest BCUT2D eigenvalue weighted by molar-refractivity contribution is 9.10. The van der Waals surface area contributed by atoms with Gasteiger partial charge in [-0.15, -0.1) is 11.3 Å². The fourth-order valence-corrected chi connectivity index (χ4v) is 2.81. The molecule has 0 saturated heterocycles. The number of thiophene rings is 1. The van der Waals surface area contributed by atoms with Gasteiger partial charge in [0.1, 0.15) is 16.2 Å². The van der Waals surface area contributed by atoms with E-state index in [1.807, 2.05) is 6.07 Å². The van der Waals surface area contributed by atoms with Crippen LogP contribution in [0.1, 0.15) is 30.5 Å². The summed E-state index contributed by atoms with van der Waals surface area (Å²) in [5, 5.41) is 2.12. The predicted molar refractivity (Wildman–Crippen MR) is 85.1 cm³/mol. The van der Waals surface area contributed by atoms with Crippen molar-refractivity contribution in [3.05, 3.63) is 38.9 Å². The first-order chi connectivity index (χ1) is 9.06. The van der Waals surface area contributed by atoms with Crippen molar-refractivity contribution < 1.29 is 0 Å². The van der Waals surface area contributed by atoms with Gasteiger partial charge in [0.15, 0.2) is 0 Å². The molecule has 2 rings (SSSR count). The van der Waals surface area contributed by atoms with Crippen molar-refractivity contribution in [3.8, 4) is 0 Å². The Morgan fingerprint density at radius 3 is 2.79 bits per heavy atom. The molecule has 2 heterocycles. The number of rotatable bonds is 5. The van der Waals surface area contributed by atoms with E-state index in [0.29, 0.717) is 5.92 Å². The van der Waals surface area contributed by atoms with Gasteiger partial charge < -0.3 is 4.90 Å². The van der Waals surface area contributed by atoms with Crippen LogP contribution in [-0.4, -0.2) is 23.6 Å². The van der Waals surface area contributed by atoms with E-state index < -0.39 is 0 Å². The third kappa shape index (κ3) is 4.01. The van der Waals surface area contributed by atoms with Gasteiger partial charge in [-0.3, -0.25) is 0 Å². The van der Waals surface area contributed by atoms with Crippen molar-refractivity contribution in [2.45, 2.75) is 26.2 Å². The average Bonchev–Trinajstić information content (AvgIpc) is 2.88. The van der Waals surface area contributed by atoms with E-state index in [-0.39, 0.29) is 0 Å². The summed E-state index contributed by atoms with van der Waals surface area (Å²) in [6.45, 7) is 5.18. The molecular weight excluding hydrogens is 322 g/mol. The summed E-state index contributed by atoms with van der Waals surface area (Å²) < 4.78 is 0.851. The molecule has 2 aromatic heterocycles. The Bertz CT molecular complexity index is 525. The molecule has 0 bridgehead atoms. The Kier molecular flexibility index (Phi) is 4.93. The first-order valence-corrected chi connectivity index (χ1v) is 8.01. The van der Waals surface area contributed by atoms with Crippen LogP contribution >= 0.6 is 27.3 Å². The van der Waals surface area contributed by atoms with Gasteiger partial charge >= 0.3 is 0 Å². The lowest BCUT2D eigenvalue weighted by molar-refractivity contribution is 0.756. The van der Waals surface area contributed by atoms with Crippen LogP contribution in [0.3, 0.4) is 0 Å². The Hall–Kier alpha value is -0.940. The second-order valence-electron chi connectivity index (χ2n) is 4.81. The summed E-state index contributed by atoms with van der Waals surface area (Å²) in [6.07, 6.45) is 1.05. The SMILES string of the molecule is CC(C)c1nc(Br)cc(N(C)CCc2cccs2)n1. The van der Waals surface area contributed by atoms with Crippen LogP contribution in [0, 0.1) is 0 Å². The van der Waals surface area contributed by atoms with Gasteiger partial charge in [-0.1, -0.05) is 19.9 Å². The van der Waals surface area contributed by atoms with Gasteiger partial charge in [0.25, 0.3) is 0 Å². The number of anilines is 1. The fourth-order valence-electron chi connectivity index (χ4n) is 1.72. The van der Waals surface area contributed by atoms with Crippen molar-refractivity contribution in [3.63, 3.8) is 0 Å². The zero-order chi connectivity index (χ0) is 13.8. The van der Waals surface area contributed by atoms with Gasteiger partial charge in [0, 0.05) is 30.5 Å². The normalized spacial score (nSPS) is 11.0. The summed E-state index contributed by atoms with van der Waals surface area (Å²) in [6, 6.07) is 6.24. The molecular formula is C14H18BrN3S. The van der Waals surface area contributed by atoms with Gasteiger partial charge in [-0.25, -0.2) is 9.97 Å². The lowest BCUT2D eigenvalue weighted by atomic mass is 10.2. The van der Waals surface area contributed by atoms with Crippen LogP contribution < -0.4 is 4.90 Å². The Morgan fingerprint density at radius 2 is 2.16 bits per heavy atom. The lowest BCUT2D eigenvalue weighted by Gasteiger charge is -2.19. The fraction of sp³-hybridized carbons (Fsp3) is 0.429. The summed E-state index contributed by atoms with van der Waals surface area (Å²) in [7, 11) is 2.08. The minimum Gasteiger partial charge on any atom is -0.359 e. The first kappa shape index (κ1) is 14.5. The molecule has 2 aromatic rings. The monoisotopic (exact) mass is 339 g/mol. The summed E-state index contributed by atoms with van der Waals surface area (Å²) in [5.74, 6) is 2.19. The molecule has 0 saturated carbocycles. The molecule has 0 aliphatic rings. The van der Waals surface area contributed by atoms with E-state index in [9.17, 15) is 0 Å². The Balaban J connectivity index is 2.07. The number of halogens is 1. The van der Waals surface area contributed by atoms with E-state index >= 15 is 0 Å². The highest BCUT2D eigenvalue weighted by Crippen LogP contribution is 2.20. The van der Waals surface area contributed by atoms with E-state index in [1.165, 1.54) is 4.88 Å². The van der Waals surface area contributed by atoms with Gasteiger partial charge in [0.05, 0.1) is 0 Å². The van der Waals surface area contributed by atoms with E-state index in [4.69, 9.17) is 0 Å². The molecule has 0 aliphatic carbocycles. The van der Waals surface area contributed by atoms with Crippen LogP contribution in [0.4, 0.5) is 5.82 Å². The molecule has 0 aliphatic heterocycles. The number of hydrogen-bond donors (Lipinski definition) is 0. The second kappa shape index (κ2) is 6.48. The molecule has 0 atom stereocenters. The zero-order valence-electron chi connectivity index (χ0n) is 11.4. The predicted octanol–water partition coefficient (Wildman–Crippen LogP) is 4.10. The van der Waals surface area contributed by atoms with Crippen molar-refractivity contribution >= 4 is 33.1 Å². The molecule has 0 N–H and O–H groups in total. The summed E-state index contributed by atoms with van der Waals surface area (Å²) >= 11 is 5.27. The van der Waals surface area contributed by atoms with Crippen molar-refractivity contribution in [2.24, 2.45) is 0 Å². The van der Waals surface area contributed by atoms with Crippen molar-refractivity contribution in [2.75, 3.05) is 18.5 Å². The maximum Gasteiger partial charge on any atom is 0.134 e. The summed E-state index contributed by atoms with van der Waals surface area (Å²) in [4.78, 5) is 12.6. The van der Waals surface area contributed by atoms with Gasteiger partial charge in [0.2, 0.25) is 0 Å². The lowest BCUT2D eigenvalue weighted by Crippen LogP contribution is -2.22. The molecule has 3 nitrogen and oxygen atoms in total. The molecule has 0 amide bonds. The molecule has 0 unspecified atom stereocenters. The van der Waals surface area contributed by atoms with E-state index in [1.54, 1.807) is 11.3 Å². The van der Waals surface area contributed by atoms with Crippen LogP contribution in [0.5, 0.6) is 0 Å². The molecule has 102 valence electrons. The highest BCUT2D eigenvalue weighted by Gasteiger charge is 2.10. The second-order valence-corrected chi connectivity index (χ2v) is 6.66. The Labute approximate surface area is 126 Å². The van der Waals surface area contributed by atoms with Crippen molar-refractivity contribution in [1.29, 1.82) is 0 Å². The summed E-state index contributed by atoms with van der Waals surface area (Å²) in [5.41, 5.74) is 0. The third-order valence-electron chi connectivity index (χ3n) is 2.88. The quantitative estimate of drug-likeness (QED) is 0.767. The number of aromatic nitrogens is 2. The first-order valence-electron chi connectivity index (χ1n) is 6.34. The molecule has 0 radical (unpaired) electrons. The van der Waals surface area contributed by atoms with Crippen LogP contribution in [0.15, 0.2) is 28.2 Å². The number of nitrogens with zero attached hydrogens (tertiary/aromatic N) is 3. The maximum absolute atomic E-state index is 4.62. The highest BCUT2D eigenvalue weighted by atomic mass is 79.9. The van der Waals surface area contributed by atoms with Gasteiger partial charge in [-0.05, 0) is 33.8 Å². The van der Waals surface area contributed by atoms with Crippen molar-refractivity contribution in [1.82, 2.24) is 9.97 Å². The van der Waals surface area contributed by atoms with Gasteiger partial charge in [-0.2, -0.15) is 0 Å². The standard InChI is InChI=1S/C14H18BrN3S/c1-10(2)14-16-12(15)9-13(17-14)18(3)7-6-11-5-4-8-19-11/h4-5,8-10H,6-7H2,1-3H3. The minimum atomic E-state index is 0.335. The van der Waals surface area contributed by atoms with Crippen LogP contribution in [-0.2, 0) is 6.42 Å². The minimum absolute atomic E-state index is 0.335. The Morgan fingerprint density at radius 1 is 1.37 bits per heavy atom. The third-order valence-corrected chi connectivity index (χ3v) is 4.22. The average molecular weight is 340 g/mol. The molecule has 0 spiro atoms. The molecule has 19 heavy (non-hydrogen) atoms. The van der Waals surface area contributed by atoms with Crippen LogP contribution in [0.2, 0.25) is 0 Å². The van der Waals surface area contributed by atoms with E-state index in [0.717, 1.165) is 29.2 Å². The molecule has 0 fully saturated rings. The maximum atomic E-state index is 4.62. The number of hydrogen-bond acceptors (Lipinski definition) is 4. The zero-order valence-corrected chi connectivity index (χ0v) is 13.8. The largest absolute Gasteiger partial charge is 0.359 e.